The summed E-state index contributed by atoms with van der Waals surface area (Å²) in [6, 6.07) is 3.83. The molecule has 1 unspecified atom stereocenters. The van der Waals surface area contributed by atoms with E-state index in [9.17, 15) is 8.78 Å². The van der Waals surface area contributed by atoms with E-state index in [0.717, 1.165) is 24.8 Å². The predicted octanol–water partition coefficient (Wildman–Crippen LogP) is 4.46. The summed E-state index contributed by atoms with van der Waals surface area (Å²) in [5, 5.41) is 0. The highest BCUT2D eigenvalue weighted by molar-refractivity contribution is 9.09. The SMILES string of the molecule is Fc1ccc(CCCC(Br)C2CC2)c(F)c1. The number of hydrogen-bond acceptors (Lipinski definition) is 0. The lowest BCUT2D eigenvalue weighted by Crippen LogP contribution is -2.01. The molecule has 0 saturated heterocycles. The van der Waals surface area contributed by atoms with Crippen LogP contribution in [0.1, 0.15) is 31.2 Å². The Balaban J connectivity index is 1.80. The van der Waals surface area contributed by atoms with E-state index in [1.165, 1.54) is 18.9 Å². The molecule has 1 aliphatic carbocycles. The second kappa shape index (κ2) is 5.26. The van der Waals surface area contributed by atoms with E-state index >= 15 is 0 Å². The quantitative estimate of drug-likeness (QED) is 0.702. The maximum atomic E-state index is 13.3. The highest BCUT2D eigenvalue weighted by Crippen LogP contribution is 2.38. The Morgan fingerprint density at radius 2 is 2.06 bits per heavy atom. The number of rotatable bonds is 5. The van der Waals surface area contributed by atoms with E-state index in [4.69, 9.17) is 0 Å². The number of halogens is 3. The lowest BCUT2D eigenvalue weighted by Gasteiger charge is -2.08. The van der Waals surface area contributed by atoms with E-state index in [-0.39, 0.29) is 0 Å². The van der Waals surface area contributed by atoms with Gasteiger partial charge in [0.2, 0.25) is 0 Å². The first-order chi connectivity index (χ1) is 7.66. The van der Waals surface area contributed by atoms with Crippen molar-refractivity contribution in [2.45, 2.75) is 36.9 Å². The summed E-state index contributed by atoms with van der Waals surface area (Å²) in [5.41, 5.74) is 0.622. The molecule has 16 heavy (non-hydrogen) atoms. The zero-order valence-electron chi connectivity index (χ0n) is 9.06. The molecule has 1 aliphatic rings. The minimum Gasteiger partial charge on any atom is -0.207 e. The largest absolute Gasteiger partial charge is 0.207 e. The minimum atomic E-state index is -0.502. The Morgan fingerprint density at radius 1 is 1.31 bits per heavy atom. The number of benzene rings is 1. The van der Waals surface area contributed by atoms with Crippen LogP contribution in [0, 0.1) is 17.6 Å². The third-order valence-electron chi connectivity index (χ3n) is 3.07. The molecule has 1 aromatic carbocycles. The molecule has 0 spiro atoms. The molecule has 0 amide bonds. The van der Waals surface area contributed by atoms with Crippen LogP contribution in [-0.2, 0) is 6.42 Å². The van der Waals surface area contributed by atoms with Gasteiger partial charge in [-0.05, 0) is 49.7 Å². The van der Waals surface area contributed by atoms with Gasteiger partial charge in [-0.2, -0.15) is 0 Å². The summed E-state index contributed by atoms with van der Waals surface area (Å²) < 4.78 is 26.0. The molecule has 0 aliphatic heterocycles. The first kappa shape index (κ1) is 12.0. The van der Waals surface area contributed by atoms with E-state index in [1.54, 1.807) is 6.07 Å². The van der Waals surface area contributed by atoms with Gasteiger partial charge in [0.25, 0.3) is 0 Å². The van der Waals surface area contributed by atoms with Gasteiger partial charge in [-0.1, -0.05) is 22.0 Å². The van der Waals surface area contributed by atoms with Gasteiger partial charge in [0.05, 0.1) is 0 Å². The second-order valence-corrected chi connectivity index (χ2v) is 5.66. The predicted molar refractivity (Wildman–Crippen MR) is 64.7 cm³/mol. The molecule has 0 bridgehead atoms. The molecular formula is C13H15BrF2. The first-order valence-electron chi connectivity index (χ1n) is 5.75. The molecule has 1 saturated carbocycles. The molecule has 0 heterocycles. The van der Waals surface area contributed by atoms with Crippen LogP contribution in [0.15, 0.2) is 18.2 Å². The smallest absolute Gasteiger partial charge is 0.129 e. The maximum Gasteiger partial charge on any atom is 0.129 e. The highest BCUT2D eigenvalue weighted by atomic mass is 79.9. The van der Waals surface area contributed by atoms with Crippen LogP contribution in [0.25, 0.3) is 0 Å². The molecule has 1 fully saturated rings. The van der Waals surface area contributed by atoms with E-state index in [1.807, 2.05) is 0 Å². The fourth-order valence-corrected chi connectivity index (χ4v) is 2.76. The standard InChI is InChI=1S/C13H15BrF2/c14-12(9-4-5-9)3-1-2-10-6-7-11(15)8-13(10)16/h6-9,12H,1-5H2. The first-order valence-corrected chi connectivity index (χ1v) is 6.66. The summed E-state index contributed by atoms with van der Waals surface area (Å²) in [5.74, 6) is -0.0896. The van der Waals surface area contributed by atoms with Gasteiger partial charge in [-0.3, -0.25) is 0 Å². The Kier molecular flexibility index (Phi) is 3.95. The second-order valence-electron chi connectivity index (χ2n) is 4.48. The van der Waals surface area contributed by atoms with Gasteiger partial charge in [0.15, 0.2) is 0 Å². The average molecular weight is 289 g/mol. The summed E-state index contributed by atoms with van der Waals surface area (Å²) in [7, 11) is 0. The van der Waals surface area contributed by atoms with Crippen LogP contribution in [-0.4, -0.2) is 4.83 Å². The minimum absolute atomic E-state index is 0.419. The van der Waals surface area contributed by atoms with Crippen molar-refractivity contribution in [1.29, 1.82) is 0 Å². The van der Waals surface area contributed by atoms with E-state index in [2.05, 4.69) is 15.9 Å². The molecule has 0 radical (unpaired) electrons. The van der Waals surface area contributed by atoms with Gasteiger partial charge >= 0.3 is 0 Å². The molecule has 2 rings (SSSR count). The van der Waals surface area contributed by atoms with Crippen molar-refractivity contribution in [1.82, 2.24) is 0 Å². The molecule has 0 N–H and O–H groups in total. The molecular weight excluding hydrogens is 274 g/mol. The molecule has 88 valence electrons. The third kappa shape index (κ3) is 3.27. The number of alkyl halides is 1. The van der Waals surface area contributed by atoms with Crippen molar-refractivity contribution < 1.29 is 8.78 Å². The topological polar surface area (TPSA) is 0 Å². The van der Waals surface area contributed by atoms with Crippen LogP contribution in [0.5, 0.6) is 0 Å². The monoisotopic (exact) mass is 288 g/mol. The molecule has 1 atom stereocenters. The van der Waals surface area contributed by atoms with Gasteiger partial charge in [-0.25, -0.2) is 8.78 Å². The number of aryl methyl sites for hydroxylation is 1. The zero-order chi connectivity index (χ0) is 11.5. The Labute approximate surface area is 103 Å². The normalized spacial score (nSPS) is 17.4. The maximum absolute atomic E-state index is 13.3. The van der Waals surface area contributed by atoms with Gasteiger partial charge in [0, 0.05) is 10.9 Å². The molecule has 3 heteroatoms. The van der Waals surface area contributed by atoms with E-state index in [0.29, 0.717) is 16.8 Å². The van der Waals surface area contributed by atoms with Crippen molar-refractivity contribution >= 4 is 15.9 Å². The summed E-state index contributed by atoms with van der Waals surface area (Å²) in [6.07, 6.45) is 5.36. The van der Waals surface area contributed by atoms with Gasteiger partial charge in [0.1, 0.15) is 11.6 Å². The van der Waals surface area contributed by atoms with Crippen molar-refractivity contribution in [3.05, 3.63) is 35.4 Å². The van der Waals surface area contributed by atoms with Crippen molar-refractivity contribution in [3.63, 3.8) is 0 Å². The zero-order valence-corrected chi connectivity index (χ0v) is 10.6. The Bertz CT molecular complexity index is 361. The highest BCUT2D eigenvalue weighted by Gasteiger charge is 2.28. The number of hydrogen-bond donors (Lipinski definition) is 0. The summed E-state index contributed by atoms with van der Waals surface area (Å²) in [6.45, 7) is 0. The van der Waals surface area contributed by atoms with Crippen LogP contribution in [0.2, 0.25) is 0 Å². The van der Waals surface area contributed by atoms with Gasteiger partial charge in [-0.15, -0.1) is 0 Å². The molecule has 0 nitrogen and oxygen atoms in total. The van der Waals surface area contributed by atoms with Crippen molar-refractivity contribution in [2.75, 3.05) is 0 Å². The van der Waals surface area contributed by atoms with Crippen molar-refractivity contribution in [2.24, 2.45) is 5.92 Å². The summed E-state index contributed by atoms with van der Waals surface area (Å²) in [4.78, 5) is 0.580. The fraction of sp³-hybridized carbons (Fsp3) is 0.538. The Hall–Kier alpha value is -0.440. The van der Waals surface area contributed by atoms with Crippen molar-refractivity contribution in [3.8, 4) is 0 Å². The van der Waals surface area contributed by atoms with Crippen LogP contribution in [0.4, 0.5) is 8.78 Å². The fourth-order valence-electron chi connectivity index (χ4n) is 1.91. The van der Waals surface area contributed by atoms with Gasteiger partial charge < -0.3 is 0 Å². The lowest BCUT2D eigenvalue weighted by atomic mass is 10.1. The van der Waals surface area contributed by atoms with E-state index < -0.39 is 11.6 Å². The third-order valence-corrected chi connectivity index (χ3v) is 4.28. The molecule has 0 aromatic heterocycles. The summed E-state index contributed by atoms with van der Waals surface area (Å²) >= 11 is 3.65. The van der Waals surface area contributed by atoms with Crippen LogP contribution < -0.4 is 0 Å². The van der Waals surface area contributed by atoms with Crippen LogP contribution >= 0.6 is 15.9 Å². The molecule has 1 aromatic rings. The average Bonchev–Trinajstić information content (AvgIpc) is 3.04. The Morgan fingerprint density at radius 3 is 2.69 bits per heavy atom. The van der Waals surface area contributed by atoms with Crippen LogP contribution in [0.3, 0.4) is 0 Å². The lowest BCUT2D eigenvalue weighted by molar-refractivity contribution is 0.564.